The molecule has 1 heterocycles. The first-order chi connectivity index (χ1) is 10.9. The Labute approximate surface area is 138 Å². The zero-order valence-corrected chi connectivity index (χ0v) is 14.4. The Morgan fingerprint density at radius 2 is 1.91 bits per heavy atom. The maximum Gasteiger partial charge on any atom is 0.226 e. The molecule has 0 aliphatic heterocycles. The van der Waals surface area contributed by atoms with Crippen LogP contribution in [0.5, 0.6) is 0 Å². The number of carbonyl (C=O) groups is 1. The van der Waals surface area contributed by atoms with Gasteiger partial charge in [0.25, 0.3) is 0 Å². The fraction of sp³-hybridized carbons (Fsp3) is 0.444. The first kappa shape index (κ1) is 17.2. The van der Waals surface area contributed by atoms with Gasteiger partial charge in [0.2, 0.25) is 5.91 Å². The van der Waals surface area contributed by atoms with E-state index < -0.39 is 0 Å². The molecule has 0 bridgehead atoms. The molecular weight excluding hydrogens is 288 g/mol. The highest BCUT2D eigenvalue weighted by atomic mass is 16.1. The van der Waals surface area contributed by atoms with Gasteiger partial charge >= 0.3 is 0 Å². The second kappa shape index (κ2) is 7.42. The number of rotatable bonds is 7. The molecule has 0 atom stereocenters. The Kier molecular flexibility index (Phi) is 5.55. The molecule has 23 heavy (non-hydrogen) atoms. The van der Waals surface area contributed by atoms with Crippen molar-refractivity contribution in [3.8, 4) is 0 Å². The quantitative estimate of drug-likeness (QED) is 0.855. The van der Waals surface area contributed by atoms with Crippen LogP contribution < -0.4 is 5.32 Å². The Morgan fingerprint density at radius 3 is 2.57 bits per heavy atom. The third-order valence-corrected chi connectivity index (χ3v) is 3.84. The van der Waals surface area contributed by atoms with Crippen LogP contribution in [0.15, 0.2) is 42.6 Å². The van der Waals surface area contributed by atoms with Gasteiger partial charge in [-0.1, -0.05) is 44.2 Å². The van der Waals surface area contributed by atoms with E-state index in [4.69, 9.17) is 0 Å². The third kappa shape index (κ3) is 5.21. The SMILES string of the molecule is CN(C)CCn1ccc(NC(=O)CC(C)(C)c2ccccc2)n1. The van der Waals surface area contributed by atoms with Crippen LogP contribution in [0, 0.1) is 0 Å². The summed E-state index contributed by atoms with van der Waals surface area (Å²) in [6.45, 7) is 5.88. The van der Waals surface area contributed by atoms with Crippen molar-refractivity contribution in [1.82, 2.24) is 14.7 Å². The standard InChI is InChI=1S/C18H26N4O/c1-18(2,15-8-6-5-7-9-15)14-17(23)19-16-10-11-22(20-16)13-12-21(3)4/h5-11H,12-14H2,1-4H3,(H,19,20,23). The van der Waals surface area contributed by atoms with Crippen LogP contribution in [0.2, 0.25) is 0 Å². The van der Waals surface area contributed by atoms with Gasteiger partial charge in [0.15, 0.2) is 5.82 Å². The molecule has 2 rings (SSSR count). The van der Waals surface area contributed by atoms with Gasteiger partial charge in [-0.05, 0) is 25.1 Å². The van der Waals surface area contributed by atoms with E-state index >= 15 is 0 Å². The molecule has 0 aliphatic rings. The topological polar surface area (TPSA) is 50.2 Å². The molecule has 5 heteroatoms. The van der Waals surface area contributed by atoms with Gasteiger partial charge in [0.05, 0.1) is 6.54 Å². The maximum absolute atomic E-state index is 12.3. The number of carbonyl (C=O) groups excluding carboxylic acids is 1. The van der Waals surface area contributed by atoms with E-state index in [1.54, 1.807) is 0 Å². The van der Waals surface area contributed by atoms with E-state index in [1.165, 1.54) is 0 Å². The molecule has 0 saturated heterocycles. The van der Waals surface area contributed by atoms with Gasteiger partial charge in [0.1, 0.15) is 0 Å². The molecule has 1 N–H and O–H groups in total. The van der Waals surface area contributed by atoms with Crippen LogP contribution >= 0.6 is 0 Å². The second-order valence-electron chi connectivity index (χ2n) is 6.74. The molecular formula is C18H26N4O. The number of anilines is 1. The van der Waals surface area contributed by atoms with E-state index in [0.29, 0.717) is 12.2 Å². The summed E-state index contributed by atoms with van der Waals surface area (Å²) in [5.74, 6) is 0.592. The lowest BCUT2D eigenvalue weighted by molar-refractivity contribution is -0.117. The van der Waals surface area contributed by atoms with Crippen LogP contribution in [0.1, 0.15) is 25.8 Å². The average Bonchev–Trinajstić information content (AvgIpc) is 2.93. The van der Waals surface area contributed by atoms with Gasteiger partial charge < -0.3 is 10.2 Å². The molecule has 1 aromatic heterocycles. The summed E-state index contributed by atoms with van der Waals surface area (Å²) >= 11 is 0. The van der Waals surface area contributed by atoms with Crippen molar-refractivity contribution in [3.05, 3.63) is 48.2 Å². The molecule has 0 unspecified atom stereocenters. The van der Waals surface area contributed by atoms with Gasteiger partial charge in [-0.2, -0.15) is 5.10 Å². The van der Waals surface area contributed by atoms with Crippen LogP contribution in [0.25, 0.3) is 0 Å². The Morgan fingerprint density at radius 1 is 1.22 bits per heavy atom. The molecule has 0 fully saturated rings. The number of nitrogens with one attached hydrogen (secondary N) is 1. The van der Waals surface area contributed by atoms with Crippen LogP contribution in [0.4, 0.5) is 5.82 Å². The lowest BCUT2D eigenvalue weighted by atomic mass is 9.81. The van der Waals surface area contributed by atoms with Crippen molar-refractivity contribution in [1.29, 1.82) is 0 Å². The second-order valence-corrected chi connectivity index (χ2v) is 6.74. The highest BCUT2D eigenvalue weighted by molar-refractivity contribution is 5.90. The fourth-order valence-electron chi connectivity index (χ4n) is 2.44. The van der Waals surface area contributed by atoms with Crippen molar-refractivity contribution in [3.63, 3.8) is 0 Å². The highest BCUT2D eigenvalue weighted by Crippen LogP contribution is 2.27. The summed E-state index contributed by atoms with van der Waals surface area (Å²) in [4.78, 5) is 14.4. The van der Waals surface area contributed by atoms with Crippen LogP contribution in [0.3, 0.4) is 0 Å². The van der Waals surface area contributed by atoms with Crippen molar-refractivity contribution >= 4 is 11.7 Å². The molecule has 2 aromatic rings. The molecule has 124 valence electrons. The Bertz CT molecular complexity index is 631. The van der Waals surface area contributed by atoms with Crippen LogP contribution in [-0.4, -0.2) is 41.2 Å². The summed E-state index contributed by atoms with van der Waals surface area (Å²) in [7, 11) is 4.05. The zero-order chi connectivity index (χ0) is 16.9. The summed E-state index contributed by atoms with van der Waals surface area (Å²) < 4.78 is 1.85. The molecule has 0 spiro atoms. The molecule has 5 nitrogen and oxygen atoms in total. The summed E-state index contributed by atoms with van der Waals surface area (Å²) in [5.41, 5.74) is 0.949. The number of hydrogen-bond acceptors (Lipinski definition) is 3. The van der Waals surface area contributed by atoms with Gasteiger partial charge in [-0.3, -0.25) is 9.48 Å². The number of amides is 1. The molecule has 0 saturated carbocycles. The average molecular weight is 314 g/mol. The van der Waals surface area contributed by atoms with Gasteiger partial charge in [0, 0.05) is 25.2 Å². The molecule has 1 aromatic carbocycles. The third-order valence-electron chi connectivity index (χ3n) is 3.84. The number of likely N-dealkylation sites (N-methyl/N-ethyl adjacent to an activating group) is 1. The minimum absolute atomic E-state index is 0.0169. The fourth-order valence-corrected chi connectivity index (χ4v) is 2.44. The van der Waals surface area contributed by atoms with E-state index in [-0.39, 0.29) is 11.3 Å². The Balaban J connectivity index is 1.92. The monoisotopic (exact) mass is 314 g/mol. The van der Waals surface area contributed by atoms with Gasteiger partial charge in [-0.25, -0.2) is 0 Å². The van der Waals surface area contributed by atoms with Crippen molar-refractivity contribution < 1.29 is 4.79 Å². The van der Waals surface area contributed by atoms with Gasteiger partial charge in [-0.15, -0.1) is 0 Å². The summed E-state index contributed by atoms with van der Waals surface area (Å²) in [6, 6.07) is 11.9. The zero-order valence-electron chi connectivity index (χ0n) is 14.4. The predicted octanol–water partition coefficient (Wildman–Crippen LogP) is 2.75. The number of aromatic nitrogens is 2. The molecule has 0 radical (unpaired) electrons. The first-order valence-electron chi connectivity index (χ1n) is 7.90. The van der Waals surface area contributed by atoms with E-state index in [1.807, 2.05) is 49.2 Å². The largest absolute Gasteiger partial charge is 0.309 e. The first-order valence-corrected chi connectivity index (χ1v) is 7.90. The minimum Gasteiger partial charge on any atom is -0.309 e. The maximum atomic E-state index is 12.3. The van der Waals surface area contributed by atoms with Crippen molar-refractivity contribution in [2.75, 3.05) is 26.0 Å². The number of nitrogens with zero attached hydrogens (tertiary/aromatic N) is 3. The Hall–Kier alpha value is -2.14. The predicted molar refractivity (Wildman–Crippen MR) is 93.5 cm³/mol. The van der Waals surface area contributed by atoms with E-state index in [2.05, 4.69) is 41.3 Å². The molecule has 1 amide bonds. The number of hydrogen-bond donors (Lipinski definition) is 1. The lowest BCUT2D eigenvalue weighted by Crippen LogP contribution is -2.26. The summed E-state index contributed by atoms with van der Waals surface area (Å²) in [6.07, 6.45) is 2.31. The smallest absolute Gasteiger partial charge is 0.226 e. The molecule has 0 aliphatic carbocycles. The highest BCUT2D eigenvalue weighted by Gasteiger charge is 2.24. The summed E-state index contributed by atoms with van der Waals surface area (Å²) in [5, 5.41) is 7.27. The number of benzene rings is 1. The van der Waals surface area contributed by atoms with Crippen LogP contribution in [-0.2, 0) is 16.8 Å². The van der Waals surface area contributed by atoms with E-state index in [0.717, 1.165) is 18.7 Å². The van der Waals surface area contributed by atoms with Crippen molar-refractivity contribution in [2.45, 2.75) is 32.2 Å². The van der Waals surface area contributed by atoms with Crippen molar-refractivity contribution in [2.24, 2.45) is 0 Å². The normalized spacial score (nSPS) is 11.7. The lowest BCUT2D eigenvalue weighted by Gasteiger charge is -2.24. The minimum atomic E-state index is -0.209. The van der Waals surface area contributed by atoms with E-state index in [9.17, 15) is 4.79 Å².